The minimum atomic E-state index is -0.909. The van der Waals surface area contributed by atoms with Gasteiger partial charge in [0.15, 0.2) is 0 Å². The zero-order valence-corrected chi connectivity index (χ0v) is 13.5. The maximum absolute atomic E-state index is 11.3. The van der Waals surface area contributed by atoms with Gasteiger partial charge in [-0.1, -0.05) is 13.0 Å². The first-order valence-corrected chi connectivity index (χ1v) is 7.65. The van der Waals surface area contributed by atoms with Gasteiger partial charge < -0.3 is 15.3 Å². The monoisotopic (exact) mass is 340 g/mol. The standard InChI is InChI=1S/C15H21BrN2O2/c1-15(6-8-18(2)9-7-15)10-17-12-5-3-4-11(16)13(12)14(19)20/h3-5,17H,6-10H2,1-2H3,(H,19,20). The number of anilines is 1. The van der Waals surface area contributed by atoms with Gasteiger partial charge >= 0.3 is 5.97 Å². The number of nitrogens with zero attached hydrogens (tertiary/aromatic N) is 1. The van der Waals surface area contributed by atoms with Crippen molar-refractivity contribution in [2.75, 3.05) is 32.0 Å². The molecule has 1 heterocycles. The molecule has 0 bridgehead atoms. The Balaban J connectivity index is 2.08. The van der Waals surface area contributed by atoms with E-state index in [1.807, 2.05) is 12.1 Å². The summed E-state index contributed by atoms with van der Waals surface area (Å²) < 4.78 is 0.614. The van der Waals surface area contributed by atoms with Gasteiger partial charge in [-0.25, -0.2) is 4.79 Å². The number of carboxylic acids is 1. The molecule has 20 heavy (non-hydrogen) atoms. The maximum atomic E-state index is 11.3. The Morgan fingerprint density at radius 1 is 1.45 bits per heavy atom. The Hall–Kier alpha value is -1.07. The van der Waals surface area contributed by atoms with E-state index in [2.05, 4.69) is 40.1 Å². The van der Waals surface area contributed by atoms with Crippen molar-refractivity contribution >= 4 is 27.6 Å². The van der Waals surface area contributed by atoms with Gasteiger partial charge in [0, 0.05) is 16.7 Å². The van der Waals surface area contributed by atoms with Crippen LogP contribution in [0.3, 0.4) is 0 Å². The minimum absolute atomic E-state index is 0.227. The zero-order valence-electron chi connectivity index (χ0n) is 11.9. The van der Waals surface area contributed by atoms with E-state index in [4.69, 9.17) is 0 Å². The second-order valence-electron chi connectivity index (χ2n) is 5.94. The van der Waals surface area contributed by atoms with E-state index < -0.39 is 5.97 Å². The Morgan fingerprint density at radius 2 is 2.10 bits per heavy atom. The minimum Gasteiger partial charge on any atom is -0.478 e. The number of carbonyl (C=O) groups is 1. The molecule has 0 aliphatic carbocycles. The van der Waals surface area contributed by atoms with Crippen LogP contribution >= 0.6 is 15.9 Å². The molecule has 1 aromatic carbocycles. The van der Waals surface area contributed by atoms with Crippen LogP contribution < -0.4 is 5.32 Å². The molecule has 1 saturated heterocycles. The van der Waals surface area contributed by atoms with Crippen LogP contribution in [0.2, 0.25) is 0 Å². The summed E-state index contributed by atoms with van der Waals surface area (Å²) in [4.78, 5) is 13.7. The first kappa shape index (κ1) is 15.3. The quantitative estimate of drug-likeness (QED) is 0.882. The van der Waals surface area contributed by atoms with Crippen molar-refractivity contribution in [1.82, 2.24) is 4.90 Å². The third-order valence-corrected chi connectivity index (χ3v) is 4.79. The van der Waals surface area contributed by atoms with Gasteiger partial charge in [-0.15, -0.1) is 0 Å². The highest BCUT2D eigenvalue weighted by molar-refractivity contribution is 9.10. The van der Waals surface area contributed by atoms with E-state index in [9.17, 15) is 9.90 Å². The molecule has 1 aliphatic rings. The number of carboxylic acid groups (broad SMARTS) is 1. The van der Waals surface area contributed by atoms with Crippen molar-refractivity contribution in [3.63, 3.8) is 0 Å². The number of halogens is 1. The summed E-state index contributed by atoms with van der Waals surface area (Å²) >= 11 is 3.31. The van der Waals surface area contributed by atoms with Crippen molar-refractivity contribution < 1.29 is 9.90 Å². The van der Waals surface area contributed by atoms with Crippen molar-refractivity contribution in [2.24, 2.45) is 5.41 Å². The molecule has 0 aromatic heterocycles. The second-order valence-corrected chi connectivity index (χ2v) is 6.79. The molecule has 1 fully saturated rings. The van der Waals surface area contributed by atoms with Crippen molar-refractivity contribution in [3.05, 3.63) is 28.2 Å². The third kappa shape index (κ3) is 3.52. The number of piperidine rings is 1. The molecule has 1 aliphatic heterocycles. The highest BCUT2D eigenvalue weighted by Gasteiger charge is 2.29. The van der Waals surface area contributed by atoms with Crippen molar-refractivity contribution in [1.29, 1.82) is 0 Å². The molecule has 0 radical (unpaired) electrons. The van der Waals surface area contributed by atoms with E-state index in [1.54, 1.807) is 6.07 Å². The Kier molecular flexibility index (Phi) is 4.70. The van der Waals surface area contributed by atoms with E-state index in [1.165, 1.54) is 0 Å². The van der Waals surface area contributed by atoms with Crippen LogP contribution in [0.4, 0.5) is 5.69 Å². The molecule has 2 N–H and O–H groups in total. The number of rotatable bonds is 4. The van der Waals surface area contributed by atoms with E-state index >= 15 is 0 Å². The molecule has 0 amide bonds. The lowest BCUT2D eigenvalue weighted by atomic mass is 9.80. The van der Waals surface area contributed by atoms with Gasteiger partial charge in [-0.05, 0) is 66.5 Å². The molecule has 1 aromatic rings. The largest absolute Gasteiger partial charge is 0.478 e. The molecule has 0 saturated carbocycles. The lowest BCUT2D eigenvalue weighted by Gasteiger charge is -2.38. The Labute approximate surface area is 128 Å². The fraction of sp³-hybridized carbons (Fsp3) is 0.533. The smallest absolute Gasteiger partial charge is 0.338 e. The van der Waals surface area contributed by atoms with Crippen LogP contribution in [-0.2, 0) is 0 Å². The van der Waals surface area contributed by atoms with Gasteiger partial charge in [-0.3, -0.25) is 0 Å². The fourth-order valence-corrected chi connectivity index (χ4v) is 3.07. The fourth-order valence-electron chi connectivity index (χ4n) is 2.53. The van der Waals surface area contributed by atoms with Crippen LogP contribution in [0.15, 0.2) is 22.7 Å². The van der Waals surface area contributed by atoms with Crippen molar-refractivity contribution in [3.8, 4) is 0 Å². The Morgan fingerprint density at radius 3 is 2.70 bits per heavy atom. The molecule has 0 spiro atoms. The molecule has 5 heteroatoms. The average molecular weight is 341 g/mol. The Bertz CT molecular complexity index is 497. The first-order valence-electron chi connectivity index (χ1n) is 6.85. The highest BCUT2D eigenvalue weighted by atomic mass is 79.9. The molecule has 2 rings (SSSR count). The topological polar surface area (TPSA) is 52.6 Å². The third-order valence-electron chi connectivity index (χ3n) is 4.13. The predicted octanol–water partition coefficient (Wildman–Crippen LogP) is 3.29. The first-order chi connectivity index (χ1) is 9.41. The van der Waals surface area contributed by atoms with E-state index in [0.29, 0.717) is 15.7 Å². The van der Waals surface area contributed by atoms with Crippen LogP contribution in [-0.4, -0.2) is 42.7 Å². The molecular weight excluding hydrogens is 320 g/mol. The maximum Gasteiger partial charge on any atom is 0.338 e. The van der Waals surface area contributed by atoms with Crippen LogP contribution in [0, 0.1) is 5.41 Å². The van der Waals surface area contributed by atoms with Gasteiger partial charge in [0.25, 0.3) is 0 Å². The SMILES string of the molecule is CN1CCC(C)(CNc2cccc(Br)c2C(=O)O)CC1. The van der Waals surface area contributed by atoms with Crippen LogP contribution in [0.25, 0.3) is 0 Å². The normalized spacial score (nSPS) is 18.8. The molecule has 4 nitrogen and oxygen atoms in total. The van der Waals surface area contributed by atoms with E-state index in [-0.39, 0.29) is 5.41 Å². The number of hydrogen-bond donors (Lipinski definition) is 2. The van der Waals surface area contributed by atoms with Gasteiger partial charge in [0.2, 0.25) is 0 Å². The number of benzene rings is 1. The molecule has 0 unspecified atom stereocenters. The summed E-state index contributed by atoms with van der Waals surface area (Å²) in [7, 11) is 2.14. The number of likely N-dealkylation sites (tertiary alicyclic amines) is 1. The zero-order chi connectivity index (χ0) is 14.8. The lowest BCUT2D eigenvalue weighted by molar-refractivity contribution is 0.0696. The molecule has 0 atom stereocenters. The average Bonchev–Trinajstić information content (AvgIpc) is 2.40. The highest BCUT2D eigenvalue weighted by Crippen LogP contribution is 2.32. The van der Waals surface area contributed by atoms with Gasteiger partial charge in [-0.2, -0.15) is 0 Å². The summed E-state index contributed by atoms with van der Waals surface area (Å²) in [6.07, 6.45) is 2.26. The van der Waals surface area contributed by atoms with Crippen molar-refractivity contribution in [2.45, 2.75) is 19.8 Å². The molecular formula is C15H21BrN2O2. The summed E-state index contributed by atoms with van der Waals surface area (Å²) in [6, 6.07) is 5.44. The number of aromatic carboxylic acids is 1. The van der Waals surface area contributed by atoms with Crippen LogP contribution in [0.1, 0.15) is 30.1 Å². The summed E-state index contributed by atoms with van der Waals surface area (Å²) in [5.41, 5.74) is 1.22. The lowest BCUT2D eigenvalue weighted by Crippen LogP contribution is -2.40. The number of hydrogen-bond acceptors (Lipinski definition) is 3. The van der Waals surface area contributed by atoms with Gasteiger partial charge in [0.05, 0.1) is 5.56 Å². The van der Waals surface area contributed by atoms with E-state index in [0.717, 1.165) is 32.5 Å². The summed E-state index contributed by atoms with van der Waals surface area (Å²) in [5.74, 6) is -0.909. The van der Waals surface area contributed by atoms with Crippen LogP contribution in [0.5, 0.6) is 0 Å². The number of nitrogens with one attached hydrogen (secondary N) is 1. The summed E-state index contributed by atoms with van der Waals surface area (Å²) in [5, 5.41) is 12.6. The second kappa shape index (κ2) is 6.14. The summed E-state index contributed by atoms with van der Waals surface area (Å²) in [6.45, 7) is 5.27. The van der Waals surface area contributed by atoms with Gasteiger partial charge in [0.1, 0.15) is 0 Å². The predicted molar refractivity (Wildman–Crippen MR) is 84.4 cm³/mol. The molecule has 110 valence electrons.